The molecule has 0 radical (unpaired) electrons. The van der Waals surface area contributed by atoms with Gasteiger partial charge in [-0.15, -0.1) is 0 Å². The fourth-order valence-corrected chi connectivity index (χ4v) is 3.82. The van der Waals surface area contributed by atoms with Gasteiger partial charge in [-0.2, -0.15) is 65.9 Å². The van der Waals surface area contributed by atoms with E-state index in [1.807, 2.05) is 0 Å². The van der Waals surface area contributed by atoms with E-state index < -0.39 is 58.7 Å². The van der Waals surface area contributed by atoms with E-state index in [0.717, 1.165) is 0 Å². The van der Waals surface area contributed by atoms with E-state index in [9.17, 15) is 74.6 Å². The van der Waals surface area contributed by atoms with Crippen molar-refractivity contribution in [2.24, 2.45) is 5.41 Å². The Balaban J connectivity index is 3.28. The Labute approximate surface area is 140 Å². The zero-order valence-electron chi connectivity index (χ0n) is 11.9. The fourth-order valence-electron chi connectivity index (χ4n) is 3.82. The third-order valence-electron chi connectivity index (χ3n) is 4.95. The first-order valence-electron chi connectivity index (χ1n) is 6.19. The molecule has 3 fully saturated rings. The van der Waals surface area contributed by atoms with Crippen molar-refractivity contribution in [1.29, 1.82) is 0 Å². The topological polar surface area (TPSA) is 20.2 Å². The molecule has 1 nitrogen and oxygen atoms in total. The van der Waals surface area contributed by atoms with Crippen molar-refractivity contribution in [2.75, 3.05) is 0 Å². The van der Waals surface area contributed by atoms with Gasteiger partial charge in [-0.1, -0.05) is 0 Å². The van der Waals surface area contributed by atoms with Crippen LogP contribution in [-0.4, -0.2) is 58.3 Å². The molecule has 0 amide bonds. The van der Waals surface area contributed by atoms with Crippen LogP contribution in [0.4, 0.5) is 74.6 Å². The lowest BCUT2D eigenvalue weighted by molar-refractivity contribution is -0.636. The monoisotopic (exact) mass is 460 g/mol. The van der Waals surface area contributed by atoms with Gasteiger partial charge in [0, 0.05) is 0 Å². The van der Waals surface area contributed by atoms with Crippen LogP contribution in [0.1, 0.15) is 0 Å². The van der Waals surface area contributed by atoms with Gasteiger partial charge in [0.05, 0.1) is 0 Å². The second kappa shape index (κ2) is 4.58. The maximum Gasteiger partial charge on any atom is 0.432 e. The summed E-state index contributed by atoms with van der Waals surface area (Å²) in [7, 11) is 0. The fraction of sp³-hybridized carbons (Fsp3) is 1.00. The first kappa shape index (κ1) is 23.1. The molecule has 3 saturated carbocycles. The lowest BCUT2D eigenvalue weighted by atomic mass is 9.33. The second-order valence-electron chi connectivity index (χ2n) is 5.99. The van der Waals surface area contributed by atoms with E-state index in [1.165, 1.54) is 0 Å². The lowest BCUT2D eigenvalue weighted by Gasteiger charge is -2.75. The smallest absolute Gasteiger partial charge is 0.379 e. The van der Waals surface area contributed by atoms with E-state index in [2.05, 4.69) is 0 Å². The van der Waals surface area contributed by atoms with Gasteiger partial charge in [0.15, 0.2) is 0 Å². The Morgan fingerprint density at radius 3 is 1.04 bits per heavy atom. The largest absolute Gasteiger partial charge is 0.432 e. The lowest BCUT2D eigenvalue weighted by Crippen LogP contribution is -3.09. The number of alkyl halides is 17. The molecule has 3 unspecified atom stereocenters. The highest BCUT2D eigenvalue weighted by Gasteiger charge is 3.22. The van der Waals surface area contributed by atoms with Crippen molar-refractivity contribution in [3.63, 3.8) is 0 Å². The standard InChI is InChI=1S/C10HF17O/c11-2-1(8(19,20)21,9(22,23)24)4(28,5(2,13)14)3(12,10(25,26)27)7(17,18)6(2,15)16/h28H. The Kier molecular flexibility index (Phi) is 3.77. The summed E-state index contributed by atoms with van der Waals surface area (Å²) in [6.45, 7) is 0. The molecule has 0 heterocycles. The van der Waals surface area contributed by atoms with Crippen molar-refractivity contribution in [1.82, 2.24) is 0 Å². The molecule has 0 aromatic rings. The Hall–Kier alpha value is -1.23. The Bertz CT molecular complexity index is 684. The summed E-state index contributed by atoms with van der Waals surface area (Å²) < 4.78 is 226. The molecular formula is C10HF17O. The third kappa shape index (κ3) is 1.46. The molecule has 0 spiro atoms. The highest BCUT2D eigenvalue weighted by atomic mass is 19.4. The minimum atomic E-state index is -8.29. The number of halogens is 17. The molecule has 1 N–H and O–H groups in total. The van der Waals surface area contributed by atoms with E-state index in [-0.39, 0.29) is 0 Å². The number of fused-ring (bicyclic) bond motifs is 2. The van der Waals surface area contributed by atoms with Gasteiger partial charge < -0.3 is 5.11 Å². The summed E-state index contributed by atoms with van der Waals surface area (Å²) in [6, 6.07) is 0. The van der Waals surface area contributed by atoms with Gasteiger partial charge in [-0.05, 0) is 0 Å². The summed E-state index contributed by atoms with van der Waals surface area (Å²) >= 11 is 0. The molecule has 3 rings (SSSR count). The van der Waals surface area contributed by atoms with Crippen LogP contribution in [0.15, 0.2) is 0 Å². The van der Waals surface area contributed by atoms with Gasteiger partial charge in [0.25, 0.3) is 5.67 Å². The maximum atomic E-state index is 14.2. The SMILES string of the molecule is OC12C(F)(F)C(F)(C(F)(F)C(F)(F)C1(F)C(F)(F)F)C2(C(F)(F)F)C(F)(F)F. The van der Waals surface area contributed by atoms with E-state index in [4.69, 9.17) is 5.11 Å². The molecule has 2 bridgehead atoms. The van der Waals surface area contributed by atoms with Crippen molar-refractivity contribution < 1.29 is 79.7 Å². The average molecular weight is 460 g/mol. The normalized spacial score (nSPS) is 41.4. The van der Waals surface area contributed by atoms with E-state index in [0.29, 0.717) is 0 Å². The molecule has 18 heteroatoms. The van der Waals surface area contributed by atoms with Gasteiger partial charge in [-0.25, -0.2) is 8.78 Å². The summed E-state index contributed by atoms with van der Waals surface area (Å²) in [5.41, 5.74) is -32.0. The summed E-state index contributed by atoms with van der Waals surface area (Å²) in [6.07, 6.45) is -24.3. The van der Waals surface area contributed by atoms with E-state index in [1.54, 1.807) is 0 Å². The zero-order chi connectivity index (χ0) is 23.0. The molecule has 0 aromatic carbocycles. The second-order valence-corrected chi connectivity index (χ2v) is 5.99. The quantitative estimate of drug-likeness (QED) is 0.519. The molecule has 0 saturated heterocycles. The highest BCUT2D eigenvalue weighted by molar-refractivity contribution is 5.52. The van der Waals surface area contributed by atoms with Gasteiger partial charge in [0.1, 0.15) is 0 Å². The zero-order valence-corrected chi connectivity index (χ0v) is 11.9. The Morgan fingerprint density at radius 1 is 0.464 bits per heavy atom. The first-order valence-corrected chi connectivity index (χ1v) is 6.19. The molecular weight excluding hydrogens is 459 g/mol. The molecule has 3 aliphatic carbocycles. The summed E-state index contributed by atoms with van der Waals surface area (Å²) in [5, 5.41) is 9.00. The number of aliphatic hydroxyl groups is 1. The van der Waals surface area contributed by atoms with Crippen molar-refractivity contribution in [2.45, 2.75) is 53.2 Å². The molecule has 0 aliphatic heterocycles. The molecule has 166 valence electrons. The van der Waals surface area contributed by atoms with Crippen LogP contribution in [0.5, 0.6) is 0 Å². The number of hydrogen-bond acceptors (Lipinski definition) is 1. The van der Waals surface area contributed by atoms with Crippen LogP contribution in [0.25, 0.3) is 0 Å². The van der Waals surface area contributed by atoms with Gasteiger partial charge >= 0.3 is 42.0 Å². The van der Waals surface area contributed by atoms with Crippen molar-refractivity contribution in [3.8, 4) is 0 Å². The predicted molar refractivity (Wildman–Crippen MR) is 48.1 cm³/mol. The molecule has 3 aliphatic rings. The molecule has 28 heavy (non-hydrogen) atoms. The van der Waals surface area contributed by atoms with Crippen LogP contribution >= 0.6 is 0 Å². The summed E-state index contributed by atoms with van der Waals surface area (Å²) in [5.74, 6) is -23.9. The van der Waals surface area contributed by atoms with Crippen LogP contribution in [0.2, 0.25) is 0 Å². The molecule has 0 aromatic heterocycles. The molecule has 3 atom stereocenters. The average Bonchev–Trinajstić information content (AvgIpc) is 2.39. The Morgan fingerprint density at radius 2 is 0.786 bits per heavy atom. The predicted octanol–water partition coefficient (Wildman–Crippen LogP) is 4.74. The van der Waals surface area contributed by atoms with Gasteiger partial charge in [-0.3, -0.25) is 0 Å². The van der Waals surface area contributed by atoms with Crippen molar-refractivity contribution in [3.05, 3.63) is 0 Å². The van der Waals surface area contributed by atoms with E-state index >= 15 is 0 Å². The first-order chi connectivity index (χ1) is 11.8. The van der Waals surface area contributed by atoms with Crippen LogP contribution in [-0.2, 0) is 0 Å². The highest BCUT2D eigenvalue weighted by Crippen LogP contribution is 2.90. The number of hydrogen-bond donors (Lipinski definition) is 1. The van der Waals surface area contributed by atoms with Gasteiger partial charge in [0.2, 0.25) is 11.0 Å². The minimum absolute atomic E-state index is 7.64. The summed E-state index contributed by atoms with van der Waals surface area (Å²) in [4.78, 5) is 0. The minimum Gasteiger partial charge on any atom is -0.379 e. The maximum absolute atomic E-state index is 14.2. The number of rotatable bonds is 0. The van der Waals surface area contributed by atoms with Crippen molar-refractivity contribution >= 4 is 0 Å². The van der Waals surface area contributed by atoms with Crippen LogP contribution in [0, 0.1) is 5.41 Å². The third-order valence-corrected chi connectivity index (χ3v) is 4.95. The van der Waals surface area contributed by atoms with Crippen LogP contribution < -0.4 is 0 Å². The van der Waals surface area contributed by atoms with Crippen LogP contribution in [0.3, 0.4) is 0 Å².